The van der Waals surface area contributed by atoms with Crippen LogP contribution < -0.4 is 20.5 Å². The highest BCUT2D eigenvalue weighted by Crippen LogP contribution is 2.32. The molecule has 1 aliphatic rings. The predicted octanol–water partition coefficient (Wildman–Crippen LogP) is 4.11. The number of hydrogen-bond acceptors (Lipinski definition) is 10. The van der Waals surface area contributed by atoms with Gasteiger partial charge in [-0.3, -0.25) is 4.79 Å². The van der Waals surface area contributed by atoms with E-state index in [9.17, 15) is 26.7 Å². The summed E-state index contributed by atoms with van der Waals surface area (Å²) in [6, 6.07) is 5.90. The van der Waals surface area contributed by atoms with Gasteiger partial charge in [-0.05, 0) is 31.0 Å². The van der Waals surface area contributed by atoms with Crippen molar-refractivity contribution in [2.45, 2.75) is 51.2 Å². The van der Waals surface area contributed by atoms with Gasteiger partial charge in [-0.25, -0.2) is 28.1 Å². The Kier molecular flexibility index (Phi) is 9.55. The van der Waals surface area contributed by atoms with Crippen LogP contribution in [0, 0.1) is 0 Å². The molecule has 1 fully saturated rings. The molecule has 12 nitrogen and oxygen atoms in total. The molecule has 0 bridgehead atoms. The number of anilines is 2. The van der Waals surface area contributed by atoms with E-state index in [1.54, 1.807) is 42.1 Å². The zero-order valence-corrected chi connectivity index (χ0v) is 24.3. The number of halogens is 5. The third-order valence-corrected chi connectivity index (χ3v) is 7.13. The van der Waals surface area contributed by atoms with Crippen molar-refractivity contribution in [3.63, 3.8) is 0 Å². The second-order valence-corrected chi connectivity index (χ2v) is 10.5. The number of methoxy groups -OCH3 is 1. The second kappa shape index (κ2) is 13.5. The highest BCUT2D eigenvalue weighted by molar-refractivity contribution is 5.50. The van der Waals surface area contributed by atoms with E-state index in [2.05, 4.69) is 30.7 Å². The smallest absolute Gasteiger partial charge is 0.423 e. The molecule has 1 N–H and O–H groups in total. The quantitative estimate of drug-likeness (QED) is 0.228. The number of rotatable bonds is 12. The fourth-order valence-electron chi connectivity index (χ4n) is 4.84. The van der Waals surface area contributed by atoms with Crippen molar-refractivity contribution in [2.75, 3.05) is 37.0 Å². The Balaban J connectivity index is 1.15. The number of benzene rings is 1. The van der Waals surface area contributed by atoms with Crippen molar-refractivity contribution in [2.24, 2.45) is 0 Å². The van der Waals surface area contributed by atoms with Crippen molar-refractivity contribution in [1.82, 2.24) is 34.7 Å². The van der Waals surface area contributed by atoms with Crippen LogP contribution in [-0.2, 0) is 24.1 Å². The minimum absolute atomic E-state index is 0.00223. The maximum Gasteiger partial charge on any atom is 0.423 e. The number of alkyl halides is 5. The van der Waals surface area contributed by atoms with Crippen LogP contribution in [0.2, 0.25) is 0 Å². The summed E-state index contributed by atoms with van der Waals surface area (Å²) < 4.78 is 80.6. The summed E-state index contributed by atoms with van der Waals surface area (Å²) in [5.41, 5.74) is -2.21. The van der Waals surface area contributed by atoms with Gasteiger partial charge in [0, 0.05) is 31.5 Å². The molecule has 0 radical (unpaired) electrons. The molecule has 3 aromatic heterocycles. The molecule has 1 aromatic carbocycles. The molecule has 0 amide bonds. The predicted molar refractivity (Wildman–Crippen MR) is 151 cm³/mol. The normalized spacial score (nSPS) is 15.9. The van der Waals surface area contributed by atoms with Crippen LogP contribution in [0.4, 0.5) is 33.6 Å². The molecule has 0 saturated carbocycles. The molecule has 4 aromatic rings. The summed E-state index contributed by atoms with van der Waals surface area (Å²) >= 11 is 0. The van der Waals surface area contributed by atoms with Gasteiger partial charge in [-0.15, -0.1) is 5.10 Å². The zero-order chi connectivity index (χ0) is 32.1. The van der Waals surface area contributed by atoms with E-state index in [4.69, 9.17) is 9.47 Å². The molecule has 2 unspecified atom stereocenters. The Morgan fingerprint density at radius 2 is 1.84 bits per heavy atom. The highest BCUT2D eigenvalue weighted by Gasteiger charge is 2.38. The van der Waals surface area contributed by atoms with Gasteiger partial charge in [-0.2, -0.15) is 18.3 Å². The maximum atomic E-state index is 14.0. The number of aromatic nitrogens is 7. The summed E-state index contributed by atoms with van der Waals surface area (Å²) in [6.45, 7) is 2.63. The molecule has 240 valence electrons. The molecule has 4 heterocycles. The van der Waals surface area contributed by atoms with Crippen molar-refractivity contribution in [1.29, 1.82) is 0 Å². The van der Waals surface area contributed by atoms with E-state index in [1.165, 1.54) is 7.11 Å². The van der Waals surface area contributed by atoms with E-state index >= 15 is 0 Å². The van der Waals surface area contributed by atoms with Crippen LogP contribution >= 0.6 is 0 Å². The van der Waals surface area contributed by atoms with Gasteiger partial charge >= 0.3 is 6.18 Å². The lowest BCUT2D eigenvalue weighted by Gasteiger charge is -2.19. The average molecular weight is 636 g/mol. The topological polar surface area (TPSA) is 125 Å². The number of ether oxygens (including phenoxy) is 2. The van der Waals surface area contributed by atoms with Crippen molar-refractivity contribution >= 4 is 11.6 Å². The molecule has 0 spiro atoms. The van der Waals surface area contributed by atoms with Crippen LogP contribution in [0.3, 0.4) is 0 Å². The molecule has 1 saturated heterocycles. The Bertz CT molecular complexity index is 1630. The zero-order valence-electron chi connectivity index (χ0n) is 24.3. The first kappa shape index (κ1) is 31.7. The second-order valence-electron chi connectivity index (χ2n) is 10.5. The lowest BCUT2D eigenvalue weighted by Crippen LogP contribution is -2.34. The van der Waals surface area contributed by atoms with Crippen LogP contribution in [0.1, 0.15) is 48.2 Å². The minimum Gasteiger partial charge on any atom is -0.497 e. The van der Waals surface area contributed by atoms with E-state index in [-0.39, 0.29) is 31.4 Å². The van der Waals surface area contributed by atoms with Crippen LogP contribution in [-0.4, -0.2) is 67.6 Å². The van der Waals surface area contributed by atoms with Gasteiger partial charge in [-0.1, -0.05) is 17.3 Å². The standard InChI is InChI=1S/C28H30F5N9O3/c1-17(37-23-11-36-42(26(43)24(23)28(31,32)33)12-18-3-5-22(44-2)6-4-18)15-45-16-20-13-41(39-38-20)21-7-8-40(14-21)27-34-9-19(10-35-27)25(29)30/h3-6,9-11,13,17,21,25,37H,7-8,12,14-16H2,1-2H3. The average Bonchev–Trinajstić information content (AvgIpc) is 3.69. The van der Waals surface area contributed by atoms with E-state index in [0.717, 1.165) is 23.3 Å². The summed E-state index contributed by atoms with van der Waals surface area (Å²) in [7, 11) is 1.49. The lowest BCUT2D eigenvalue weighted by atomic mass is 10.2. The van der Waals surface area contributed by atoms with Gasteiger partial charge in [0.2, 0.25) is 5.95 Å². The fourth-order valence-corrected chi connectivity index (χ4v) is 4.84. The monoisotopic (exact) mass is 635 g/mol. The van der Waals surface area contributed by atoms with Crippen molar-refractivity contribution in [3.05, 3.63) is 81.8 Å². The molecule has 2 atom stereocenters. The van der Waals surface area contributed by atoms with Crippen LogP contribution in [0.15, 0.2) is 53.8 Å². The minimum atomic E-state index is -4.92. The first-order chi connectivity index (χ1) is 21.5. The van der Waals surface area contributed by atoms with Gasteiger partial charge < -0.3 is 19.7 Å². The Morgan fingerprint density at radius 1 is 1.11 bits per heavy atom. The SMILES string of the molecule is COc1ccc(Cn2ncc(NC(C)COCc3cn(C4CCN(c5ncc(C(F)F)cn5)C4)nn3)c(C(F)(F)F)c2=O)cc1. The van der Waals surface area contributed by atoms with Gasteiger partial charge in [0.05, 0.1) is 56.6 Å². The number of hydrogen-bond donors (Lipinski definition) is 1. The third kappa shape index (κ3) is 7.71. The molecular formula is C28H30F5N9O3. The number of nitrogens with zero attached hydrogens (tertiary/aromatic N) is 8. The molecular weight excluding hydrogens is 605 g/mol. The van der Waals surface area contributed by atoms with E-state index in [1.807, 2.05) is 4.90 Å². The molecule has 5 rings (SSSR count). The summed E-state index contributed by atoms with van der Waals surface area (Å²) in [5, 5.41) is 14.9. The lowest BCUT2D eigenvalue weighted by molar-refractivity contribution is -0.138. The fraction of sp³-hybridized carbons (Fsp3) is 0.429. The first-order valence-corrected chi connectivity index (χ1v) is 13.9. The molecule has 1 aliphatic heterocycles. The highest BCUT2D eigenvalue weighted by atomic mass is 19.4. The first-order valence-electron chi connectivity index (χ1n) is 13.9. The van der Waals surface area contributed by atoms with Gasteiger partial charge in [0.15, 0.2) is 0 Å². The van der Waals surface area contributed by atoms with Gasteiger partial charge in [0.25, 0.3) is 12.0 Å². The molecule has 45 heavy (non-hydrogen) atoms. The largest absolute Gasteiger partial charge is 0.497 e. The molecule has 17 heteroatoms. The van der Waals surface area contributed by atoms with Crippen molar-refractivity contribution in [3.8, 4) is 5.75 Å². The Labute approximate surface area is 253 Å². The summed E-state index contributed by atoms with van der Waals surface area (Å²) in [6.07, 6.45) is -1.93. The Morgan fingerprint density at radius 3 is 2.51 bits per heavy atom. The summed E-state index contributed by atoms with van der Waals surface area (Å²) in [5.74, 6) is 0.927. The van der Waals surface area contributed by atoms with Crippen LogP contribution in [0.25, 0.3) is 0 Å². The van der Waals surface area contributed by atoms with E-state index < -0.39 is 35.5 Å². The number of nitrogens with one attached hydrogen (secondary N) is 1. The third-order valence-electron chi connectivity index (χ3n) is 7.13. The maximum absolute atomic E-state index is 14.0. The van der Waals surface area contributed by atoms with Crippen molar-refractivity contribution < 1.29 is 31.4 Å². The summed E-state index contributed by atoms with van der Waals surface area (Å²) in [4.78, 5) is 22.7. The van der Waals surface area contributed by atoms with Gasteiger partial charge in [0.1, 0.15) is 17.0 Å². The van der Waals surface area contributed by atoms with Crippen LogP contribution in [0.5, 0.6) is 5.75 Å². The Hall–Kier alpha value is -4.67. The molecule has 0 aliphatic carbocycles. The van der Waals surface area contributed by atoms with E-state index in [0.29, 0.717) is 42.5 Å².